The van der Waals surface area contributed by atoms with Crippen molar-refractivity contribution in [2.24, 2.45) is 0 Å². The van der Waals surface area contributed by atoms with E-state index < -0.39 is 8.07 Å². The van der Waals surface area contributed by atoms with E-state index in [1.54, 1.807) is 20.8 Å². The largest absolute Gasteiger partial charge is 0.338 e. The molecule has 0 aliphatic heterocycles. The number of nitrogens with zero attached hydrogens (tertiary/aromatic N) is 4. The van der Waals surface area contributed by atoms with E-state index in [4.69, 9.17) is 0 Å². The van der Waals surface area contributed by atoms with E-state index >= 15 is 0 Å². The maximum absolute atomic E-state index is 3.35. The first-order valence-corrected chi connectivity index (χ1v) is 36.2. The van der Waals surface area contributed by atoms with Gasteiger partial charge in [-0.25, -0.2) is 0 Å². The molecular formula is C88H80N4Si. The molecule has 0 radical (unpaired) electrons. The number of benzene rings is 8. The predicted molar refractivity (Wildman–Crippen MR) is 397 cm³/mol. The first kappa shape index (κ1) is 58.2. The van der Waals surface area contributed by atoms with Crippen molar-refractivity contribution in [3.05, 3.63) is 364 Å². The van der Waals surface area contributed by atoms with Crippen LogP contribution < -0.4 is 14.7 Å². The van der Waals surface area contributed by atoms with Gasteiger partial charge in [-0.3, -0.25) is 0 Å². The molecule has 5 heteroatoms. The zero-order valence-electron chi connectivity index (χ0n) is 53.2. The van der Waals surface area contributed by atoms with Crippen molar-refractivity contribution in [3.63, 3.8) is 0 Å². The summed E-state index contributed by atoms with van der Waals surface area (Å²) in [5.74, 6) is 0. The van der Waals surface area contributed by atoms with Gasteiger partial charge in [0.15, 0.2) is 8.07 Å². The summed E-state index contributed by atoms with van der Waals surface area (Å²) in [7, 11) is -3.35. The first-order valence-electron chi connectivity index (χ1n) is 34.2. The molecule has 0 aromatic heterocycles. The van der Waals surface area contributed by atoms with Crippen molar-refractivity contribution >= 4 is 69.2 Å². The van der Waals surface area contributed by atoms with Crippen LogP contribution in [0.3, 0.4) is 0 Å². The lowest BCUT2D eigenvalue weighted by molar-refractivity contribution is 0.312. The Bertz CT molecular complexity index is 4670. The van der Waals surface area contributed by atoms with Crippen molar-refractivity contribution in [3.8, 4) is 0 Å². The van der Waals surface area contributed by atoms with E-state index in [9.17, 15) is 0 Å². The van der Waals surface area contributed by atoms with E-state index in [1.807, 2.05) is 0 Å². The van der Waals surface area contributed by atoms with Crippen LogP contribution in [0.5, 0.6) is 0 Å². The zero-order valence-corrected chi connectivity index (χ0v) is 54.2. The number of allylic oxidation sites excluding steroid dienone is 20. The maximum atomic E-state index is 2.83. The molecule has 0 spiro atoms. The van der Waals surface area contributed by atoms with Crippen molar-refractivity contribution < 1.29 is 0 Å². The smallest absolute Gasteiger partial charge is 0.163 e. The molecule has 4 nitrogen and oxygen atoms in total. The highest BCUT2D eigenvalue weighted by Gasteiger charge is 2.51. The normalized spacial score (nSPS) is 20.1. The molecule has 456 valence electrons. The summed E-state index contributed by atoms with van der Waals surface area (Å²) in [6, 6.07) is 68.5. The molecule has 0 N–H and O–H groups in total. The molecule has 0 amide bonds. The van der Waals surface area contributed by atoms with Gasteiger partial charge in [0, 0.05) is 61.7 Å². The molecule has 0 fully saturated rings. The Balaban J connectivity index is 1.01. The van der Waals surface area contributed by atoms with Crippen LogP contribution in [0, 0.1) is 0 Å². The Labute approximate surface area is 551 Å². The van der Waals surface area contributed by atoms with E-state index in [0.717, 1.165) is 83.5 Å². The predicted octanol–water partition coefficient (Wildman–Crippen LogP) is 22.8. The topological polar surface area (TPSA) is 13.0 Å². The highest BCUT2D eigenvalue weighted by atomic mass is 28.3. The molecule has 16 rings (SSSR count). The zero-order chi connectivity index (χ0) is 61.9. The third-order valence-corrected chi connectivity index (χ3v) is 26.0. The fourth-order valence-corrected chi connectivity index (χ4v) is 22.5. The van der Waals surface area contributed by atoms with Crippen LogP contribution in [0.25, 0.3) is 38.4 Å². The molecule has 93 heavy (non-hydrogen) atoms. The second-order valence-electron chi connectivity index (χ2n) is 26.0. The lowest BCUT2D eigenvalue weighted by Crippen LogP contribution is -2.52. The van der Waals surface area contributed by atoms with Gasteiger partial charge in [0.25, 0.3) is 0 Å². The minimum atomic E-state index is -3.35. The van der Waals surface area contributed by atoms with Crippen LogP contribution >= 0.6 is 0 Å². The van der Waals surface area contributed by atoms with Crippen molar-refractivity contribution in [1.82, 2.24) is 4.90 Å². The molecule has 8 aromatic carbocycles. The summed E-state index contributed by atoms with van der Waals surface area (Å²) in [4.78, 5) is 11.0. The number of rotatable bonds is 16. The molecule has 0 bridgehead atoms. The fourth-order valence-electron chi connectivity index (χ4n) is 16.6. The number of para-hydroxylation sites is 1. The van der Waals surface area contributed by atoms with Gasteiger partial charge in [-0.05, 0) is 184 Å². The lowest BCUT2D eigenvalue weighted by atomic mass is 9.89. The highest BCUT2D eigenvalue weighted by molar-refractivity contribution is 7.04. The van der Waals surface area contributed by atoms with E-state index in [1.165, 1.54) is 94.7 Å². The minimum Gasteiger partial charge on any atom is -0.338 e. The van der Waals surface area contributed by atoms with Gasteiger partial charge in [-0.2, -0.15) is 0 Å². The third-order valence-electron chi connectivity index (χ3n) is 20.6. The molecule has 0 saturated heterocycles. The minimum absolute atomic E-state index is 0.0565. The average Bonchev–Trinajstić information content (AvgIpc) is 0.763. The van der Waals surface area contributed by atoms with Gasteiger partial charge >= 0.3 is 0 Å². The summed E-state index contributed by atoms with van der Waals surface area (Å²) < 4.78 is 0. The Morgan fingerprint density at radius 3 is 1.47 bits per heavy atom. The second-order valence-corrected chi connectivity index (χ2v) is 30.1. The lowest BCUT2D eigenvalue weighted by Gasteiger charge is -2.49. The molecule has 3 atom stereocenters. The third kappa shape index (κ3) is 11.1. The second kappa shape index (κ2) is 26.0. The number of fused-ring (bicyclic) bond motifs is 4. The molecule has 8 aliphatic rings. The van der Waals surface area contributed by atoms with Crippen molar-refractivity contribution in [2.75, 3.05) is 14.7 Å². The van der Waals surface area contributed by atoms with Crippen molar-refractivity contribution in [1.29, 1.82) is 0 Å². The van der Waals surface area contributed by atoms with Crippen LogP contribution in [-0.2, 0) is 0 Å². The van der Waals surface area contributed by atoms with Gasteiger partial charge < -0.3 is 19.6 Å². The summed E-state index contributed by atoms with van der Waals surface area (Å²) in [5.41, 5.74) is 14.0. The number of hydrogen-bond donors (Lipinski definition) is 0. The van der Waals surface area contributed by atoms with Crippen LogP contribution in [0.2, 0.25) is 0 Å². The Morgan fingerprint density at radius 1 is 0.355 bits per heavy atom. The molecule has 0 saturated carbocycles. The van der Waals surface area contributed by atoms with Gasteiger partial charge in [0.2, 0.25) is 0 Å². The Kier molecular flexibility index (Phi) is 16.2. The monoisotopic (exact) mass is 1220 g/mol. The number of anilines is 4. The maximum Gasteiger partial charge on any atom is 0.163 e. The molecule has 0 heterocycles. The van der Waals surface area contributed by atoms with E-state index in [-0.39, 0.29) is 18.1 Å². The quantitative estimate of drug-likeness (QED) is 0.0894. The van der Waals surface area contributed by atoms with Crippen LogP contribution in [0.1, 0.15) is 101 Å². The van der Waals surface area contributed by atoms with Gasteiger partial charge in [0.05, 0.1) is 23.8 Å². The molecule has 3 unspecified atom stereocenters. The summed E-state index contributed by atoms with van der Waals surface area (Å²) in [6.45, 7) is 0. The first-order chi connectivity index (χ1) is 46.2. The number of hydrogen-bond acceptors (Lipinski definition) is 4. The van der Waals surface area contributed by atoms with E-state index in [0.29, 0.717) is 0 Å². The van der Waals surface area contributed by atoms with Gasteiger partial charge in [-0.15, -0.1) is 0 Å². The van der Waals surface area contributed by atoms with Crippen LogP contribution in [0.15, 0.2) is 353 Å². The molecule has 8 aliphatic carbocycles. The molecule has 8 aromatic rings. The Hall–Kier alpha value is -9.94. The fraction of sp³-hybridized carbons (Fsp3) is 0.182. The SMILES string of the molecule is C1=CCCC(N(C2=CC(N(C3=CCCC=C3)c3cccc4ccccc34)CC([Si](C3=CC=CCC3)(C3=CC=CCC3)C3=CC(N(C4=CCCC=C4)c4cccc5ccccc45)=CC(N(c4ccccc4)c4cccc5ccccc45)C3)=C2)C2CC=Cc3ccccc32)=C1. The summed E-state index contributed by atoms with van der Waals surface area (Å²) in [5, 5.41) is 13.9. The van der Waals surface area contributed by atoms with Crippen molar-refractivity contribution in [2.45, 2.75) is 102 Å². The van der Waals surface area contributed by atoms with Gasteiger partial charge in [-0.1, -0.05) is 258 Å². The van der Waals surface area contributed by atoms with Gasteiger partial charge in [0.1, 0.15) is 0 Å². The van der Waals surface area contributed by atoms with Crippen LogP contribution in [-0.4, -0.2) is 25.1 Å². The summed E-state index contributed by atoms with van der Waals surface area (Å²) >= 11 is 0. The molecular weight excluding hydrogens is 1140 g/mol. The van der Waals surface area contributed by atoms with Crippen LogP contribution in [0.4, 0.5) is 22.7 Å². The standard InChI is InChI=1S/C88H80N4Si/c1-7-39-69(40-8-1)89(85-55-27-35-65-31-19-23-51-81(65)85)73-59-74(90(70-41-9-2-10-42-70)86-56-28-36-66-32-20-24-52-82(66)86)62-79(61-73)93(77-47-15-5-16-48-77,78-49-17-6-18-50-78)80-63-75(91(71-43-11-3-12-44-71)87-57-29-37-67-33-21-25-53-83(67)87)60-76(64-80)92(72-45-13-4-14-46-72)88-58-30-38-68-34-22-26-54-84(68)88/h1,3,5-9,11,13,15,17,19-43,45-47,49,51-56,58-60,62-63,73,76,87H,2,4,10,12,14,16,18,44,48,50,57,61,64H2. The Morgan fingerprint density at radius 2 is 0.871 bits per heavy atom. The average molecular weight is 1220 g/mol. The highest BCUT2D eigenvalue weighted by Crippen LogP contribution is 2.54. The van der Waals surface area contributed by atoms with E-state index in [2.05, 4.69) is 329 Å². The summed E-state index contributed by atoms with van der Waals surface area (Å²) in [6.07, 6.45) is 65.2.